The third kappa shape index (κ3) is 3.12. The van der Waals surface area contributed by atoms with Crippen LogP contribution in [0.3, 0.4) is 0 Å². The van der Waals surface area contributed by atoms with Crippen LogP contribution >= 0.6 is 0 Å². The van der Waals surface area contributed by atoms with Gasteiger partial charge in [-0.05, 0) is 36.2 Å². The molecule has 0 aliphatic carbocycles. The van der Waals surface area contributed by atoms with Gasteiger partial charge in [-0.2, -0.15) is 10.9 Å². The Labute approximate surface area is 132 Å². The first-order valence-electron chi connectivity index (χ1n) is 7.15. The number of hydrogen-bond donors (Lipinski definition) is 1. The van der Waals surface area contributed by atoms with Gasteiger partial charge in [0.2, 0.25) is 5.82 Å². The maximum absolute atomic E-state index is 11.5. The van der Waals surface area contributed by atoms with Crippen LogP contribution in [-0.4, -0.2) is 16.1 Å². The zero-order valence-electron chi connectivity index (χ0n) is 12.5. The van der Waals surface area contributed by atoms with E-state index in [0.29, 0.717) is 22.8 Å². The van der Waals surface area contributed by atoms with E-state index in [9.17, 15) is 4.79 Å². The van der Waals surface area contributed by atoms with Crippen molar-refractivity contribution in [3.05, 3.63) is 59.7 Å². The number of hydrogen-bond acceptors (Lipinski definition) is 6. The van der Waals surface area contributed by atoms with Crippen molar-refractivity contribution in [2.75, 3.05) is 0 Å². The van der Waals surface area contributed by atoms with Crippen LogP contribution in [0.5, 0.6) is 0 Å². The maximum atomic E-state index is 11.5. The van der Waals surface area contributed by atoms with Gasteiger partial charge in [-0.1, -0.05) is 36.3 Å². The van der Waals surface area contributed by atoms with E-state index in [0.717, 1.165) is 12.0 Å². The summed E-state index contributed by atoms with van der Waals surface area (Å²) in [4.78, 5) is 20.1. The van der Waals surface area contributed by atoms with E-state index in [-0.39, 0.29) is 0 Å². The van der Waals surface area contributed by atoms with Gasteiger partial charge >= 0.3 is 5.97 Å². The van der Waals surface area contributed by atoms with Gasteiger partial charge in [0.05, 0.1) is 5.56 Å². The Morgan fingerprint density at radius 3 is 2.65 bits per heavy atom. The molecule has 0 aliphatic heterocycles. The molecule has 1 aromatic heterocycles. The Morgan fingerprint density at radius 1 is 1.17 bits per heavy atom. The van der Waals surface area contributed by atoms with Crippen LogP contribution in [0.2, 0.25) is 0 Å². The van der Waals surface area contributed by atoms with Gasteiger partial charge in [0.15, 0.2) is 0 Å². The molecule has 0 unspecified atom stereocenters. The first-order chi connectivity index (χ1) is 11.2. The molecule has 0 bridgehead atoms. The first-order valence-corrected chi connectivity index (χ1v) is 7.15. The molecule has 2 aromatic carbocycles. The van der Waals surface area contributed by atoms with Crippen LogP contribution in [0, 0.1) is 0 Å². The molecule has 0 radical (unpaired) electrons. The Kier molecular flexibility index (Phi) is 4.16. The molecule has 2 N–H and O–H groups in total. The molecule has 3 rings (SSSR count). The largest absolute Gasteiger partial charge is 0.370 e. The normalized spacial score (nSPS) is 10.5. The van der Waals surface area contributed by atoms with E-state index >= 15 is 0 Å². The predicted octanol–water partition coefficient (Wildman–Crippen LogP) is 3.00. The van der Waals surface area contributed by atoms with Crippen molar-refractivity contribution in [3.63, 3.8) is 0 Å². The van der Waals surface area contributed by atoms with E-state index in [4.69, 9.17) is 10.4 Å². The van der Waals surface area contributed by atoms with E-state index in [1.54, 1.807) is 24.3 Å². The summed E-state index contributed by atoms with van der Waals surface area (Å²) < 4.78 is 5.30. The molecule has 1 heterocycles. The molecule has 6 nitrogen and oxygen atoms in total. The molecule has 0 amide bonds. The third-order valence-electron chi connectivity index (χ3n) is 3.50. The highest BCUT2D eigenvalue weighted by molar-refractivity contribution is 5.90. The molecular weight excluding hydrogens is 294 g/mol. The molecule has 0 saturated heterocycles. The Bertz CT molecular complexity index is 825. The smallest absolute Gasteiger partial charge is 0.356 e. The summed E-state index contributed by atoms with van der Waals surface area (Å²) in [6.45, 7) is 2.10. The van der Waals surface area contributed by atoms with Crippen molar-refractivity contribution in [3.8, 4) is 22.8 Å². The molecule has 6 heteroatoms. The minimum absolute atomic E-state index is 0.323. The third-order valence-corrected chi connectivity index (χ3v) is 3.50. The lowest BCUT2D eigenvalue weighted by Crippen LogP contribution is -2.09. The van der Waals surface area contributed by atoms with Crippen LogP contribution in [0.1, 0.15) is 22.8 Å². The van der Waals surface area contributed by atoms with E-state index in [2.05, 4.69) is 21.9 Å². The molecule has 0 saturated carbocycles. The summed E-state index contributed by atoms with van der Waals surface area (Å²) in [5, 5.41) is 3.96. The van der Waals surface area contributed by atoms with Gasteiger partial charge in [-0.25, -0.2) is 4.79 Å². The quantitative estimate of drug-likeness (QED) is 0.745. The molecular formula is C17H15N3O3. The predicted molar refractivity (Wildman–Crippen MR) is 84.2 cm³/mol. The fraction of sp³-hybridized carbons (Fsp3) is 0.118. The second-order valence-corrected chi connectivity index (χ2v) is 4.96. The second-order valence-electron chi connectivity index (χ2n) is 4.96. The molecule has 0 fully saturated rings. The number of rotatable bonds is 4. The lowest BCUT2D eigenvalue weighted by molar-refractivity contribution is 0.0503. The number of nitrogens with zero attached hydrogens (tertiary/aromatic N) is 2. The summed E-state index contributed by atoms with van der Waals surface area (Å²) >= 11 is 0. The second kappa shape index (κ2) is 6.41. The topological polar surface area (TPSA) is 91.2 Å². The van der Waals surface area contributed by atoms with E-state index < -0.39 is 5.97 Å². The van der Waals surface area contributed by atoms with Gasteiger partial charge in [0.1, 0.15) is 0 Å². The molecule has 116 valence electrons. The van der Waals surface area contributed by atoms with E-state index in [1.807, 2.05) is 24.3 Å². The number of aryl methyl sites for hydroxylation is 1. The average Bonchev–Trinajstić information content (AvgIpc) is 3.11. The average molecular weight is 309 g/mol. The standard InChI is InChI=1S/C17H15N3O3/c1-2-11-6-8-12(9-7-11)16-19-15(20-23-16)13-4-3-5-14(10-13)17(21)22-18/h3-10H,2,18H2,1H3. The van der Waals surface area contributed by atoms with Crippen LogP contribution in [0.15, 0.2) is 53.1 Å². The minimum Gasteiger partial charge on any atom is -0.370 e. The van der Waals surface area contributed by atoms with Crippen LogP contribution in [0.25, 0.3) is 22.8 Å². The number of aromatic nitrogens is 2. The van der Waals surface area contributed by atoms with Crippen molar-refractivity contribution in [2.24, 2.45) is 5.90 Å². The van der Waals surface area contributed by atoms with Gasteiger partial charge < -0.3 is 9.36 Å². The minimum atomic E-state index is -0.620. The fourth-order valence-electron chi connectivity index (χ4n) is 2.19. The van der Waals surface area contributed by atoms with Gasteiger partial charge in [0.25, 0.3) is 5.89 Å². The van der Waals surface area contributed by atoms with Crippen LogP contribution in [0.4, 0.5) is 0 Å². The summed E-state index contributed by atoms with van der Waals surface area (Å²) in [5.74, 6) is 5.10. The summed E-state index contributed by atoms with van der Waals surface area (Å²) in [7, 11) is 0. The van der Waals surface area contributed by atoms with Crippen LogP contribution < -0.4 is 5.90 Å². The Hall–Kier alpha value is -2.99. The number of nitrogens with two attached hydrogens (primary N) is 1. The Morgan fingerprint density at radius 2 is 1.96 bits per heavy atom. The van der Waals surface area contributed by atoms with Crippen molar-refractivity contribution >= 4 is 5.97 Å². The number of carbonyl (C=O) groups is 1. The van der Waals surface area contributed by atoms with Crippen molar-refractivity contribution in [2.45, 2.75) is 13.3 Å². The summed E-state index contributed by atoms with van der Waals surface area (Å²) in [6.07, 6.45) is 0.972. The van der Waals surface area contributed by atoms with Crippen molar-refractivity contribution in [1.29, 1.82) is 0 Å². The molecule has 3 aromatic rings. The SMILES string of the molecule is CCc1ccc(-c2nc(-c3cccc(C(=O)ON)c3)no2)cc1. The highest BCUT2D eigenvalue weighted by Crippen LogP contribution is 2.23. The molecule has 0 aliphatic rings. The van der Waals surface area contributed by atoms with Gasteiger partial charge in [-0.15, -0.1) is 0 Å². The highest BCUT2D eigenvalue weighted by atomic mass is 16.7. The lowest BCUT2D eigenvalue weighted by Gasteiger charge is -1.99. The molecule has 0 atom stereocenters. The zero-order valence-corrected chi connectivity index (χ0v) is 12.5. The monoisotopic (exact) mass is 309 g/mol. The van der Waals surface area contributed by atoms with Gasteiger partial charge in [0, 0.05) is 11.1 Å². The number of carbonyl (C=O) groups excluding carboxylic acids is 1. The zero-order chi connectivity index (χ0) is 16.2. The Balaban J connectivity index is 1.90. The summed E-state index contributed by atoms with van der Waals surface area (Å²) in [5.41, 5.74) is 3.05. The highest BCUT2D eigenvalue weighted by Gasteiger charge is 2.13. The molecule has 23 heavy (non-hydrogen) atoms. The van der Waals surface area contributed by atoms with Gasteiger partial charge in [-0.3, -0.25) is 0 Å². The van der Waals surface area contributed by atoms with E-state index in [1.165, 1.54) is 5.56 Å². The first kappa shape index (κ1) is 14.9. The fourth-order valence-corrected chi connectivity index (χ4v) is 2.19. The lowest BCUT2D eigenvalue weighted by atomic mass is 10.1. The summed E-state index contributed by atoms with van der Waals surface area (Å²) in [6, 6.07) is 14.6. The maximum Gasteiger partial charge on any atom is 0.356 e. The van der Waals surface area contributed by atoms with Crippen LogP contribution in [-0.2, 0) is 11.3 Å². The number of benzene rings is 2. The van der Waals surface area contributed by atoms with Crippen molar-refractivity contribution < 1.29 is 14.2 Å². The molecule has 0 spiro atoms. The van der Waals surface area contributed by atoms with Crippen molar-refractivity contribution in [1.82, 2.24) is 10.1 Å².